The summed E-state index contributed by atoms with van der Waals surface area (Å²) in [6.45, 7) is 2.80. The van der Waals surface area contributed by atoms with Crippen molar-refractivity contribution in [3.05, 3.63) is 60.2 Å². The quantitative estimate of drug-likeness (QED) is 0.318. The van der Waals surface area contributed by atoms with Gasteiger partial charge in [0.15, 0.2) is 0 Å². The maximum absolute atomic E-state index is 13.3. The molecule has 1 fully saturated rings. The first kappa shape index (κ1) is 23.3. The summed E-state index contributed by atoms with van der Waals surface area (Å²) >= 11 is 0. The average molecular weight is 445 g/mol. The van der Waals surface area contributed by atoms with Crippen LogP contribution in [0, 0.1) is 5.92 Å². The lowest BCUT2D eigenvalue weighted by Crippen LogP contribution is -2.50. The Morgan fingerprint density at radius 2 is 1.55 bits per heavy atom. The van der Waals surface area contributed by atoms with Crippen LogP contribution in [-0.2, 0) is 16.0 Å². The van der Waals surface area contributed by atoms with Crippen LogP contribution in [0.5, 0.6) is 0 Å². The van der Waals surface area contributed by atoms with E-state index in [-0.39, 0.29) is 17.7 Å². The second-order valence-corrected chi connectivity index (χ2v) is 9.40. The molecular formula is C29H36N2O2. The standard InChI is InChI=1S/C29H36N2O2/c1-2-3-11-18-30-29(33)27(31-28(32)21-12-5-4-6-13-21)20-26-24-16-9-7-14-22(24)19-23-15-8-10-17-25(23)26/h7-10,14-17,19,21,27H,2-6,11-13,18,20H2,1H3,(H,30,33)(H,31,32)/t27-/m0/s1. The van der Waals surface area contributed by atoms with Crippen LogP contribution in [0.3, 0.4) is 0 Å². The second-order valence-electron chi connectivity index (χ2n) is 9.40. The summed E-state index contributed by atoms with van der Waals surface area (Å²) < 4.78 is 0. The molecule has 0 spiro atoms. The summed E-state index contributed by atoms with van der Waals surface area (Å²) in [6, 6.07) is 18.3. The number of hydrogen-bond donors (Lipinski definition) is 2. The summed E-state index contributed by atoms with van der Waals surface area (Å²) in [5.74, 6) is -0.0152. The SMILES string of the molecule is CCCCCNC(=O)[C@H](Cc1c2ccccc2cc2ccccc12)NC(=O)C1CCCCC1. The van der Waals surface area contributed by atoms with Crippen molar-refractivity contribution < 1.29 is 9.59 Å². The van der Waals surface area contributed by atoms with Gasteiger partial charge in [-0.1, -0.05) is 87.6 Å². The second kappa shape index (κ2) is 11.3. The zero-order chi connectivity index (χ0) is 23.0. The van der Waals surface area contributed by atoms with Crippen LogP contribution in [0.25, 0.3) is 21.5 Å². The van der Waals surface area contributed by atoms with E-state index in [4.69, 9.17) is 0 Å². The molecule has 174 valence electrons. The molecule has 0 aromatic heterocycles. The number of benzene rings is 3. The topological polar surface area (TPSA) is 58.2 Å². The lowest BCUT2D eigenvalue weighted by atomic mass is 9.88. The molecule has 1 aliphatic carbocycles. The highest BCUT2D eigenvalue weighted by Gasteiger charge is 2.27. The van der Waals surface area contributed by atoms with Gasteiger partial charge in [0.05, 0.1) is 0 Å². The molecule has 1 atom stereocenters. The van der Waals surface area contributed by atoms with Crippen LogP contribution in [0.1, 0.15) is 63.9 Å². The first-order valence-corrected chi connectivity index (χ1v) is 12.6. The van der Waals surface area contributed by atoms with E-state index < -0.39 is 6.04 Å². The Kier molecular flexibility index (Phi) is 7.98. The summed E-state index contributed by atoms with van der Waals surface area (Å²) in [6.07, 6.45) is 8.89. The molecule has 0 aliphatic heterocycles. The van der Waals surface area contributed by atoms with E-state index in [1.807, 2.05) is 24.3 Å². The number of carbonyl (C=O) groups is 2. The summed E-state index contributed by atoms with van der Waals surface area (Å²) in [5, 5.41) is 10.9. The molecular weight excluding hydrogens is 408 g/mol. The molecule has 4 heteroatoms. The molecule has 0 radical (unpaired) electrons. The van der Waals surface area contributed by atoms with Gasteiger partial charge in [-0.05, 0) is 52.4 Å². The molecule has 1 aliphatic rings. The Morgan fingerprint density at radius 3 is 2.18 bits per heavy atom. The van der Waals surface area contributed by atoms with Gasteiger partial charge in [-0.15, -0.1) is 0 Å². The third kappa shape index (κ3) is 5.73. The fourth-order valence-corrected chi connectivity index (χ4v) is 5.11. The molecule has 0 bridgehead atoms. The van der Waals surface area contributed by atoms with Gasteiger partial charge in [-0.2, -0.15) is 0 Å². The van der Waals surface area contributed by atoms with Gasteiger partial charge in [0, 0.05) is 18.9 Å². The number of amides is 2. The molecule has 1 saturated carbocycles. The van der Waals surface area contributed by atoms with Crippen LogP contribution in [0.15, 0.2) is 54.6 Å². The van der Waals surface area contributed by atoms with Crippen LogP contribution >= 0.6 is 0 Å². The largest absolute Gasteiger partial charge is 0.354 e. The minimum atomic E-state index is -0.574. The Morgan fingerprint density at radius 1 is 0.909 bits per heavy atom. The van der Waals surface area contributed by atoms with Crippen LogP contribution < -0.4 is 10.6 Å². The van der Waals surface area contributed by atoms with Crippen molar-refractivity contribution in [2.75, 3.05) is 6.54 Å². The van der Waals surface area contributed by atoms with Crippen molar-refractivity contribution in [2.45, 2.75) is 70.8 Å². The van der Waals surface area contributed by atoms with E-state index in [1.54, 1.807) is 0 Å². The van der Waals surface area contributed by atoms with Crippen LogP contribution in [0.2, 0.25) is 0 Å². The lowest BCUT2D eigenvalue weighted by Gasteiger charge is -2.25. The minimum Gasteiger partial charge on any atom is -0.354 e. The van der Waals surface area contributed by atoms with E-state index in [9.17, 15) is 9.59 Å². The maximum Gasteiger partial charge on any atom is 0.242 e. The third-order valence-electron chi connectivity index (χ3n) is 6.98. The Hall–Kier alpha value is -2.88. The number of rotatable bonds is 9. The molecule has 0 saturated heterocycles. The van der Waals surface area contributed by atoms with Gasteiger partial charge in [-0.25, -0.2) is 0 Å². The van der Waals surface area contributed by atoms with Crippen molar-refractivity contribution in [3.63, 3.8) is 0 Å². The van der Waals surface area contributed by atoms with Crippen molar-refractivity contribution in [2.24, 2.45) is 5.92 Å². The van der Waals surface area contributed by atoms with Crippen LogP contribution in [-0.4, -0.2) is 24.4 Å². The van der Waals surface area contributed by atoms with E-state index in [1.165, 1.54) is 6.42 Å². The fourth-order valence-electron chi connectivity index (χ4n) is 5.11. The van der Waals surface area contributed by atoms with Gasteiger partial charge >= 0.3 is 0 Å². The first-order valence-electron chi connectivity index (χ1n) is 12.6. The molecule has 33 heavy (non-hydrogen) atoms. The summed E-state index contributed by atoms with van der Waals surface area (Å²) in [5.41, 5.74) is 1.13. The third-order valence-corrected chi connectivity index (χ3v) is 6.98. The van der Waals surface area contributed by atoms with Gasteiger partial charge in [0.2, 0.25) is 11.8 Å². The summed E-state index contributed by atoms with van der Waals surface area (Å²) in [4.78, 5) is 26.4. The van der Waals surface area contributed by atoms with E-state index in [2.05, 4.69) is 47.9 Å². The normalized spacial score (nSPS) is 15.4. The van der Waals surface area contributed by atoms with E-state index in [0.29, 0.717) is 13.0 Å². The number of unbranched alkanes of at least 4 members (excludes halogenated alkanes) is 2. The predicted molar refractivity (Wildman–Crippen MR) is 136 cm³/mol. The molecule has 3 aromatic rings. The lowest BCUT2D eigenvalue weighted by molar-refractivity contribution is -0.131. The number of nitrogens with one attached hydrogen (secondary N) is 2. The molecule has 4 nitrogen and oxygen atoms in total. The number of carbonyl (C=O) groups excluding carboxylic acids is 2. The average Bonchev–Trinajstić information content (AvgIpc) is 2.86. The van der Waals surface area contributed by atoms with Gasteiger partial charge < -0.3 is 10.6 Å². The van der Waals surface area contributed by atoms with Crippen molar-refractivity contribution in [1.29, 1.82) is 0 Å². The van der Waals surface area contributed by atoms with Gasteiger partial charge in [0.25, 0.3) is 0 Å². The molecule has 2 N–H and O–H groups in total. The Labute approximate surface area is 197 Å². The molecule has 0 heterocycles. The minimum absolute atomic E-state index is 0.0263. The Balaban J connectivity index is 1.64. The molecule has 0 unspecified atom stereocenters. The summed E-state index contributed by atoms with van der Waals surface area (Å²) in [7, 11) is 0. The van der Waals surface area contributed by atoms with Crippen molar-refractivity contribution >= 4 is 33.4 Å². The van der Waals surface area contributed by atoms with E-state index >= 15 is 0 Å². The highest BCUT2D eigenvalue weighted by Crippen LogP contribution is 2.30. The first-order chi connectivity index (χ1) is 16.2. The molecule has 2 amide bonds. The zero-order valence-corrected chi connectivity index (χ0v) is 19.7. The maximum atomic E-state index is 13.3. The Bertz CT molecular complexity index is 1050. The fraction of sp³-hybridized carbons (Fsp3) is 0.448. The van der Waals surface area contributed by atoms with E-state index in [0.717, 1.165) is 72.1 Å². The van der Waals surface area contributed by atoms with Crippen molar-refractivity contribution in [1.82, 2.24) is 10.6 Å². The van der Waals surface area contributed by atoms with Gasteiger partial charge in [0.1, 0.15) is 6.04 Å². The molecule has 4 rings (SSSR count). The van der Waals surface area contributed by atoms with Crippen molar-refractivity contribution in [3.8, 4) is 0 Å². The highest BCUT2D eigenvalue weighted by molar-refractivity contribution is 6.03. The smallest absolute Gasteiger partial charge is 0.242 e. The van der Waals surface area contributed by atoms with Crippen LogP contribution in [0.4, 0.5) is 0 Å². The highest BCUT2D eigenvalue weighted by atomic mass is 16.2. The monoisotopic (exact) mass is 444 g/mol. The molecule has 3 aromatic carbocycles. The number of fused-ring (bicyclic) bond motifs is 2. The zero-order valence-electron chi connectivity index (χ0n) is 19.7. The number of hydrogen-bond acceptors (Lipinski definition) is 2. The van der Waals surface area contributed by atoms with Gasteiger partial charge in [-0.3, -0.25) is 9.59 Å². The predicted octanol–water partition coefficient (Wildman–Crippen LogP) is 5.91.